The molecule has 5 heteroatoms. The molecular weight excluding hydrogens is 254 g/mol. The minimum Gasteiger partial charge on any atom is -0.485 e. The number of halogens is 1. The third-order valence-corrected chi connectivity index (χ3v) is 2.98. The largest absolute Gasteiger partial charge is 0.485 e. The average molecular weight is 272 g/mol. The van der Waals surface area contributed by atoms with Crippen molar-refractivity contribution in [1.82, 2.24) is 0 Å². The molecule has 4 nitrogen and oxygen atoms in total. The maximum Gasteiger partial charge on any atom is 0.341 e. The molecule has 1 rings (SSSR count). The topological polar surface area (TPSA) is 61.5 Å². The Morgan fingerprint density at radius 1 is 1.44 bits per heavy atom. The number of esters is 1. The highest BCUT2D eigenvalue weighted by Gasteiger charge is 2.24. The molecule has 2 N–H and O–H groups in total. The highest BCUT2D eigenvalue weighted by Crippen LogP contribution is 2.35. The first-order chi connectivity index (χ1) is 8.30. The van der Waals surface area contributed by atoms with Crippen LogP contribution in [0, 0.1) is 0 Å². The van der Waals surface area contributed by atoms with Crippen molar-refractivity contribution < 1.29 is 14.3 Å². The van der Waals surface area contributed by atoms with Crippen LogP contribution in [-0.4, -0.2) is 18.7 Å². The summed E-state index contributed by atoms with van der Waals surface area (Å²) in [6.45, 7) is 5.82. The molecule has 100 valence electrons. The van der Waals surface area contributed by atoms with Crippen LogP contribution in [0.3, 0.4) is 0 Å². The smallest absolute Gasteiger partial charge is 0.341 e. The fourth-order valence-electron chi connectivity index (χ4n) is 1.33. The van der Waals surface area contributed by atoms with Crippen molar-refractivity contribution in [3.05, 3.63) is 22.7 Å². The third kappa shape index (κ3) is 3.29. The van der Waals surface area contributed by atoms with E-state index in [2.05, 4.69) is 0 Å². The number of anilines is 1. The molecule has 0 saturated heterocycles. The second-order valence-corrected chi connectivity index (χ2v) is 4.99. The molecule has 0 saturated carbocycles. The van der Waals surface area contributed by atoms with Gasteiger partial charge in [0.15, 0.2) is 5.75 Å². The normalized spacial score (nSPS) is 11.2. The Kier molecular flexibility index (Phi) is 4.46. The number of benzene rings is 1. The van der Waals surface area contributed by atoms with E-state index in [4.69, 9.17) is 26.8 Å². The molecule has 0 heterocycles. The Labute approximate surface area is 112 Å². The van der Waals surface area contributed by atoms with Gasteiger partial charge < -0.3 is 15.2 Å². The van der Waals surface area contributed by atoms with Crippen LogP contribution in [-0.2, 0) is 4.74 Å². The zero-order valence-electron chi connectivity index (χ0n) is 11.0. The standard InChI is InChI=1S/C13H18ClNO3/c1-5-13(2,3)18-11-9(12(16)17-4)6-8(15)7-10(11)14/h6-7H,5,15H2,1-4H3. The van der Waals surface area contributed by atoms with Crippen LogP contribution >= 0.6 is 11.6 Å². The van der Waals surface area contributed by atoms with Gasteiger partial charge in [-0.15, -0.1) is 0 Å². The first-order valence-corrected chi connectivity index (χ1v) is 6.05. The van der Waals surface area contributed by atoms with Gasteiger partial charge in [0, 0.05) is 5.69 Å². The van der Waals surface area contributed by atoms with E-state index >= 15 is 0 Å². The summed E-state index contributed by atoms with van der Waals surface area (Å²) in [5.41, 5.74) is 5.87. The molecule has 0 aliphatic carbocycles. The van der Waals surface area contributed by atoms with Crippen molar-refractivity contribution in [2.24, 2.45) is 0 Å². The molecule has 1 aromatic rings. The van der Waals surface area contributed by atoms with Crippen LogP contribution < -0.4 is 10.5 Å². The lowest BCUT2D eigenvalue weighted by molar-refractivity contribution is 0.0579. The van der Waals surface area contributed by atoms with Gasteiger partial charge in [0.25, 0.3) is 0 Å². The lowest BCUT2D eigenvalue weighted by Crippen LogP contribution is -2.28. The fourth-order valence-corrected chi connectivity index (χ4v) is 1.59. The van der Waals surface area contributed by atoms with Gasteiger partial charge in [0.1, 0.15) is 11.2 Å². The zero-order chi connectivity index (χ0) is 13.9. The minimum atomic E-state index is -0.522. The number of nitrogen functional groups attached to an aromatic ring is 1. The van der Waals surface area contributed by atoms with Crippen molar-refractivity contribution in [3.8, 4) is 5.75 Å². The van der Waals surface area contributed by atoms with Gasteiger partial charge in [0.05, 0.1) is 12.1 Å². The average Bonchev–Trinajstić information content (AvgIpc) is 2.31. The lowest BCUT2D eigenvalue weighted by Gasteiger charge is -2.26. The Morgan fingerprint density at radius 2 is 2.06 bits per heavy atom. The van der Waals surface area contributed by atoms with Crippen molar-refractivity contribution >= 4 is 23.3 Å². The monoisotopic (exact) mass is 271 g/mol. The quantitative estimate of drug-likeness (QED) is 0.674. The molecule has 1 aromatic carbocycles. The van der Waals surface area contributed by atoms with E-state index in [1.807, 2.05) is 20.8 Å². The minimum absolute atomic E-state index is 0.240. The second kappa shape index (κ2) is 5.48. The predicted octanol–water partition coefficient (Wildman–Crippen LogP) is 3.28. The molecule has 18 heavy (non-hydrogen) atoms. The highest BCUT2D eigenvalue weighted by atomic mass is 35.5. The molecule has 0 aliphatic rings. The van der Waals surface area contributed by atoms with Gasteiger partial charge >= 0.3 is 5.97 Å². The van der Waals surface area contributed by atoms with Gasteiger partial charge in [-0.25, -0.2) is 4.79 Å². The van der Waals surface area contributed by atoms with Crippen LogP contribution in [0.5, 0.6) is 5.75 Å². The maximum atomic E-state index is 11.7. The number of hydrogen-bond donors (Lipinski definition) is 1. The van der Waals surface area contributed by atoms with E-state index in [1.54, 1.807) is 6.07 Å². The van der Waals surface area contributed by atoms with Crippen molar-refractivity contribution in [2.45, 2.75) is 32.8 Å². The highest BCUT2D eigenvalue weighted by molar-refractivity contribution is 6.33. The van der Waals surface area contributed by atoms with Crippen LogP contribution in [0.15, 0.2) is 12.1 Å². The SMILES string of the molecule is CCC(C)(C)Oc1c(Cl)cc(N)cc1C(=O)OC. The molecular formula is C13H18ClNO3. The Balaban J connectivity index is 3.28. The number of hydrogen-bond acceptors (Lipinski definition) is 4. The molecule has 0 spiro atoms. The Bertz CT molecular complexity index is 458. The number of rotatable bonds is 4. The van der Waals surface area contributed by atoms with Crippen LogP contribution in [0.25, 0.3) is 0 Å². The number of ether oxygens (including phenoxy) is 2. The summed E-state index contributed by atoms with van der Waals surface area (Å²) in [7, 11) is 1.30. The summed E-state index contributed by atoms with van der Waals surface area (Å²) >= 11 is 6.09. The van der Waals surface area contributed by atoms with Gasteiger partial charge in [-0.2, -0.15) is 0 Å². The summed E-state index contributed by atoms with van der Waals surface area (Å²) in [6.07, 6.45) is 0.772. The van der Waals surface area contributed by atoms with Crippen LogP contribution in [0.2, 0.25) is 5.02 Å². The molecule has 0 bridgehead atoms. The number of nitrogens with two attached hydrogens (primary N) is 1. The Hall–Kier alpha value is -1.42. The lowest BCUT2D eigenvalue weighted by atomic mass is 10.1. The fraction of sp³-hybridized carbons (Fsp3) is 0.462. The molecule has 0 aromatic heterocycles. The van der Waals surface area contributed by atoms with Gasteiger partial charge in [-0.3, -0.25) is 0 Å². The van der Waals surface area contributed by atoms with E-state index in [0.29, 0.717) is 16.5 Å². The molecule has 0 fully saturated rings. The Morgan fingerprint density at radius 3 is 2.56 bits per heavy atom. The van der Waals surface area contributed by atoms with Crippen LogP contribution in [0.1, 0.15) is 37.6 Å². The summed E-state index contributed by atoms with van der Waals surface area (Å²) in [5.74, 6) is -0.212. The van der Waals surface area contributed by atoms with Crippen molar-refractivity contribution in [3.63, 3.8) is 0 Å². The van der Waals surface area contributed by atoms with Crippen molar-refractivity contribution in [2.75, 3.05) is 12.8 Å². The molecule has 0 radical (unpaired) electrons. The zero-order valence-corrected chi connectivity index (χ0v) is 11.8. The van der Waals surface area contributed by atoms with E-state index in [-0.39, 0.29) is 5.56 Å². The molecule has 0 aliphatic heterocycles. The maximum absolute atomic E-state index is 11.7. The summed E-state index contributed by atoms with van der Waals surface area (Å²) in [6, 6.07) is 3.05. The first kappa shape index (κ1) is 14.6. The number of carbonyl (C=O) groups excluding carboxylic acids is 1. The predicted molar refractivity (Wildman–Crippen MR) is 72.2 cm³/mol. The van der Waals surface area contributed by atoms with E-state index in [1.165, 1.54) is 13.2 Å². The molecule has 0 amide bonds. The van der Waals surface area contributed by atoms with Gasteiger partial charge in [0.2, 0.25) is 0 Å². The van der Waals surface area contributed by atoms with Gasteiger partial charge in [-0.05, 0) is 32.4 Å². The summed E-state index contributed by atoms with van der Waals surface area (Å²) < 4.78 is 10.5. The van der Waals surface area contributed by atoms with Crippen molar-refractivity contribution in [1.29, 1.82) is 0 Å². The second-order valence-electron chi connectivity index (χ2n) is 4.59. The summed E-state index contributed by atoms with van der Waals surface area (Å²) in [5, 5.41) is 0.303. The van der Waals surface area contributed by atoms with Gasteiger partial charge in [-0.1, -0.05) is 18.5 Å². The summed E-state index contributed by atoms with van der Waals surface area (Å²) in [4.78, 5) is 11.7. The van der Waals surface area contributed by atoms with E-state index < -0.39 is 11.6 Å². The molecule has 0 unspecified atom stereocenters. The third-order valence-electron chi connectivity index (χ3n) is 2.70. The first-order valence-electron chi connectivity index (χ1n) is 5.67. The van der Waals surface area contributed by atoms with Crippen LogP contribution in [0.4, 0.5) is 5.69 Å². The molecule has 0 atom stereocenters. The number of methoxy groups -OCH3 is 1. The van der Waals surface area contributed by atoms with E-state index in [9.17, 15) is 4.79 Å². The van der Waals surface area contributed by atoms with E-state index in [0.717, 1.165) is 6.42 Å². The number of carbonyl (C=O) groups is 1.